The summed E-state index contributed by atoms with van der Waals surface area (Å²) in [7, 11) is -2.87. The van der Waals surface area contributed by atoms with Crippen LogP contribution < -0.4 is 29.6 Å². The van der Waals surface area contributed by atoms with Gasteiger partial charge in [-0.05, 0) is 12.1 Å². The van der Waals surface area contributed by atoms with Crippen molar-refractivity contribution in [3.05, 3.63) is 30.3 Å². The van der Waals surface area contributed by atoms with Crippen LogP contribution in [0.1, 0.15) is 1.43 Å². The van der Waals surface area contributed by atoms with Crippen LogP contribution >= 0.6 is 20.9 Å². The molecule has 1 aromatic carbocycles. The first-order chi connectivity index (χ1) is 5.13. The molecule has 0 amide bonds. The van der Waals surface area contributed by atoms with Crippen molar-refractivity contribution in [3.63, 3.8) is 0 Å². The van der Waals surface area contributed by atoms with Gasteiger partial charge in [0.1, 0.15) is 0 Å². The molecule has 0 unspecified atom stereocenters. The Balaban J connectivity index is -0.0000000650. The monoisotopic (exact) mass is 233 g/mol. The van der Waals surface area contributed by atoms with Crippen LogP contribution in [-0.2, 0) is 4.57 Å². The molecule has 0 aromatic heterocycles. The third-order valence-electron chi connectivity index (χ3n) is 0.756. The zero-order valence-corrected chi connectivity index (χ0v) is 10.9. The molecule has 70 valence electrons. The van der Waals surface area contributed by atoms with Gasteiger partial charge in [0.25, 0.3) is 0 Å². The van der Waals surface area contributed by atoms with E-state index in [1.165, 1.54) is 0 Å². The van der Waals surface area contributed by atoms with Crippen LogP contribution in [0.15, 0.2) is 35.2 Å². The second kappa shape index (κ2) is 12.6. The maximum Gasteiger partial charge on any atom is 1.00 e. The van der Waals surface area contributed by atoms with E-state index in [0.29, 0.717) is 0 Å². The molecule has 0 heterocycles. The zero-order valence-electron chi connectivity index (χ0n) is 8.08. The first-order valence-electron chi connectivity index (χ1n) is 2.72. The van der Waals surface area contributed by atoms with Gasteiger partial charge in [-0.1, -0.05) is 18.2 Å². The number of rotatable bonds is 0. The van der Waals surface area contributed by atoms with E-state index < -0.39 is 8.25 Å². The molecule has 0 bridgehead atoms. The van der Waals surface area contributed by atoms with Gasteiger partial charge in [-0.15, -0.1) is 22.4 Å². The number of benzene rings is 1. The second-order valence-electron chi connectivity index (χ2n) is 1.59. The molecule has 13 heavy (non-hydrogen) atoms. The molecule has 1 rings (SSSR count). The standard InChI is InChI=1S/C6H6S.Na.HO3P.H2O.H/c7-6-4-2-1-3-5-6;;1-4(2)3;;/h1-5,7H;;(H-,1,2,3);1H2;/q;+1;;;-1/p+1. The maximum absolute atomic E-state index is 8.70. The zero-order chi connectivity index (χ0) is 8.69. The summed E-state index contributed by atoms with van der Waals surface area (Å²) in [4.78, 5) is 15.3. The Hall–Kier alpha value is 0.550. The Morgan fingerprint density at radius 2 is 1.54 bits per heavy atom. The van der Waals surface area contributed by atoms with E-state index in [9.17, 15) is 0 Å². The van der Waals surface area contributed by atoms with Crippen LogP contribution in [0.25, 0.3) is 0 Å². The van der Waals surface area contributed by atoms with Gasteiger partial charge >= 0.3 is 37.8 Å². The van der Waals surface area contributed by atoms with Gasteiger partial charge in [0, 0.05) is 9.46 Å². The van der Waals surface area contributed by atoms with Crippen LogP contribution in [0.4, 0.5) is 0 Å². The molecule has 0 aliphatic heterocycles. The minimum absolute atomic E-state index is 0. The van der Waals surface area contributed by atoms with E-state index in [4.69, 9.17) is 14.4 Å². The molecule has 4 nitrogen and oxygen atoms in total. The first kappa shape index (κ1) is 19.2. The summed E-state index contributed by atoms with van der Waals surface area (Å²) in [6.07, 6.45) is 0. The summed E-state index contributed by atoms with van der Waals surface area (Å²) < 4.78 is 8.70. The smallest absolute Gasteiger partial charge is 1.00 e. The van der Waals surface area contributed by atoms with Crippen LogP contribution in [0, 0.1) is 0 Å². The van der Waals surface area contributed by atoms with Gasteiger partial charge in [0.2, 0.25) is 0 Å². The van der Waals surface area contributed by atoms with E-state index in [1.54, 1.807) is 0 Å². The summed E-state index contributed by atoms with van der Waals surface area (Å²) in [6.45, 7) is 0. The van der Waals surface area contributed by atoms with E-state index >= 15 is 0 Å². The van der Waals surface area contributed by atoms with Crippen molar-refractivity contribution in [2.45, 2.75) is 4.90 Å². The van der Waals surface area contributed by atoms with Crippen molar-refractivity contribution in [3.8, 4) is 0 Å². The molecule has 0 saturated heterocycles. The average molecular weight is 233 g/mol. The van der Waals surface area contributed by atoms with Gasteiger partial charge in [0.15, 0.2) is 0 Å². The molecule has 0 aliphatic rings. The quantitative estimate of drug-likeness (QED) is 0.272. The molecule has 1 aromatic rings. The summed E-state index contributed by atoms with van der Waals surface area (Å²) >= 11 is 4.08. The Morgan fingerprint density at radius 3 is 1.69 bits per heavy atom. The molecule has 7 heteroatoms. The third kappa shape index (κ3) is 19.1. The summed E-state index contributed by atoms with van der Waals surface area (Å²) in [5, 5.41) is 0. The predicted octanol–water partition coefficient (Wildman–Crippen LogP) is -2.10. The van der Waals surface area contributed by atoms with Gasteiger partial charge in [-0.3, -0.25) is 0 Å². The van der Waals surface area contributed by atoms with Crippen LogP contribution in [0.3, 0.4) is 0 Å². The summed E-state index contributed by atoms with van der Waals surface area (Å²) in [6, 6.07) is 9.79. The van der Waals surface area contributed by atoms with E-state index in [1.807, 2.05) is 30.3 Å². The van der Waals surface area contributed by atoms with Gasteiger partial charge < -0.3 is 6.90 Å². The Labute approximate surface area is 106 Å². The van der Waals surface area contributed by atoms with Gasteiger partial charge in [-0.2, -0.15) is 0 Å². The number of hydrogen-bond donors (Lipinski definition) is 3. The Kier molecular flexibility index (Phi) is 18.5. The van der Waals surface area contributed by atoms with Gasteiger partial charge in [-0.25, -0.2) is 0 Å². The van der Waals surface area contributed by atoms with Crippen molar-refractivity contribution in [2.75, 3.05) is 0 Å². The molecule has 0 aliphatic carbocycles. The Morgan fingerprint density at radius 1 is 1.23 bits per heavy atom. The molecule has 0 radical (unpaired) electrons. The number of thiol groups is 1. The van der Waals surface area contributed by atoms with Crippen LogP contribution in [-0.4, -0.2) is 15.3 Å². The number of hydrogen-bond acceptors (Lipinski definition) is 2. The minimum Gasteiger partial charge on any atom is -1.00 e. The average Bonchev–Trinajstić information content (AvgIpc) is 1.87. The van der Waals surface area contributed by atoms with Crippen molar-refractivity contribution in [2.24, 2.45) is 0 Å². The van der Waals surface area contributed by atoms with Gasteiger partial charge in [0.05, 0.1) is 0 Å². The first-order valence-corrected chi connectivity index (χ1v) is 4.33. The third-order valence-corrected chi connectivity index (χ3v) is 1.05. The van der Waals surface area contributed by atoms with Crippen molar-refractivity contribution in [1.29, 1.82) is 0 Å². The summed E-state index contributed by atoms with van der Waals surface area (Å²) in [5.41, 5.74) is 0. The van der Waals surface area contributed by atoms with E-state index in [2.05, 4.69) is 12.6 Å². The van der Waals surface area contributed by atoms with Crippen LogP contribution in [0.5, 0.6) is 0 Å². The maximum atomic E-state index is 8.70. The van der Waals surface area contributed by atoms with Crippen molar-refractivity contribution in [1.82, 2.24) is 0 Å². The fourth-order valence-electron chi connectivity index (χ4n) is 0.428. The largest absolute Gasteiger partial charge is 1.00 e. The Bertz CT molecular complexity index is 222. The fourth-order valence-corrected chi connectivity index (χ4v) is 0.600. The van der Waals surface area contributed by atoms with Crippen molar-refractivity contribution < 1.29 is 50.8 Å². The minimum atomic E-state index is -2.87. The molecule has 4 N–H and O–H groups in total. The fraction of sp³-hybridized carbons (Fsp3) is 0. The molecule has 0 fully saturated rings. The molecule has 0 atom stereocenters. The predicted molar refractivity (Wildman–Crippen MR) is 50.5 cm³/mol. The SMILES string of the molecule is O.O=[P+](O)O.Sc1ccccc1.[H-].[Na+]. The molecular weight excluding hydrogens is 222 g/mol. The molecule has 0 saturated carbocycles. The molecule has 0 spiro atoms. The van der Waals surface area contributed by atoms with E-state index in [0.717, 1.165) is 4.90 Å². The summed E-state index contributed by atoms with van der Waals surface area (Å²) in [5.74, 6) is 0. The second-order valence-corrected chi connectivity index (χ2v) is 2.61. The molecular formula is C6H11NaO4PS+. The van der Waals surface area contributed by atoms with Crippen molar-refractivity contribution >= 4 is 20.9 Å². The van der Waals surface area contributed by atoms with E-state index in [-0.39, 0.29) is 36.5 Å². The topological polar surface area (TPSA) is 89.0 Å². The normalized spacial score (nSPS) is 6.69. The van der Waals surface area contributed by atoms with Crippen LogP contribution in [0.2, 0.25) is 0 Å².